The molecule has 0 radical (unpaired) electrons. The number of hydrogen-bond donors (Lipinski definition) is 0. The Hall–Kier alpha value is -1.24. The van der Waals surface area contributed by atoms with Crippen LogP contribution in [-0.4, -0.2) is 73.5 Å². The van der Waals surface area contributed by atoms with Crippen LogP contribution in [0.3, 0.4) is 0 Å². The van der Waals surface area contributed by atoms with Gasteiger partial charge in [0, 0.05) is 57.1 Å². The van der Waals surface area contributed by atoms with Gasteiger partial charge in [0.05, 0.1) is 19.3 Å². The highest BCUT2D eigenvalue weighted by Crippen LogP contribution is 2.33. The molecule has 1 aliphatic carbocycles. The Morgan fingerprint density at radius 3 is 2.72 bits per heavy atom. The van der Waals surface area contributed by atoms with Gasteiger partial charge in [0.2, 0.25) is 5.95 Å². The normalized spacial score (nSPS) is 26.7. The predicted octanol–water partition coefficient (Wildman–Crippen LogP) is 2.06. The molecule has 1 atom stereocenters. The van der Waals surface area contributed by atoms with Crippen LogP contribution in [0.2, 0.25) is 0 Å². The summed E-state index contributed by atoms with van der Waals surface area (Å²) in [5.41, 5.74) is 1.23. The summed E-state index contributed by atoms with van der Waals surface area (Å²) in [6.45, 7) is 7.35. The summed E-state index contributed by atoms with van der Waals surface area (Å²) in [5.74, 6) is 1.52. The van der Waals surface area contributed by atoms with Crippen molar-refractivity contribution in [1.29, 1.82) is 0 Å². The first-order valence-corrected chi connectivity index (χ1v) is 9.88. The van der Waals surface area contributed by atoms with Crippen LogP contribution >= 0.6 is 0 Å². The number of ether oxygens (including phenoxy) is 2. The van der Waals surface area contributed by atoms with Crippen molar-refractivity contribution in [2.45, 2.75) is 44.1 Å². The summed E-state index contributed by atoms with van der Waals surface area (Å²) in [6.07, 6.45) is 8.43. The quantitative estimate of drug-likeness (QED) is 0.832. The SMILES string of the molecule is c1cc(C2CCCC2)nc(N2CCCO[C@H](CN3CCOCC3)C2)n1. The Morgan fingerprint density at radius 1 is 1.04 bits per heavy atom. The molecule has 3 heterocycles. The van der Waals surface area contributed by atoms with E-state index in [-0.39, 0.29) is 6.10 Å². The molecule has 1 aromatic heterocycles. The first kappa shape index (κ1) is 17.2. The number of hydrogen-bond acceptors (Lipinski definition) is 6. The van der Waals surface area contributed by atoms with E-state index in [9.17, 15) is 0 Å². The number of anilines is 1. The van der Waals surface area contributed by atoms with Crippen molar-refractivity contribution < 1.29 is 9.47 Å². The first-order chi connectivity index (χ1) is 12.4. The monoisotopic (exact) mass is 346 g/mol. The summed E-state index contributed by atoms with van der Waals surface area (Å²) in [5, 5.41) is 0. The van der Waals surface area contributed by atoms with Crippen molar-refractivity contribution in [2.75, 3.05) is 57.4 Å². The van der Waals surface area contributed by atoms with Crippen molar-refractivity contribution in [3.63, 3.8) is 0 Å². The van der Waals surface area contributed by atoms with Crippen LogP contribution in [0.5, 0.6) is 0 Å². The Kier molecular flexibility index (Phi) is 5.79. The van der Waals surface area contributed by atoms with Crippen molar-refractivity contribution in [3.05, 3.63) is 18.0 Å². The zero-order valence-corrected chi connectivity index (χ0v) is 15.1. The van der Waals surface area contributed by atoms with Gasteiger partial charge in [-0.25, -0.2) is 9.97 Å². The zero-order chi connectivity index (χ0) is 16.9. The third kappa shape index (κ3) is 4.49. The van der Waals surface area contributed by atoms with Crippen molar-refractivity contribution in [3.8, 4) is 0 Å². The Bertz CT molecular complexity index is 544. The van der Waals surface area contributed by atoms with Gasteiger partial charge in [0.15, 0.2) is 0 Å². The predicted molar refractivity (Wildman–Crippen MR) is 97.1 cm³/mol. The summed E-state index contributed by atoms with van der Waals surface area (Å²) >= 11 is 0. The standard InChI is InChI=1S/C19H30N4O2/c1-2-5-16(4-1)18-6-7-20-19(21-18)23-8-3-11-25-17(15-23)14-22-9-12-24-13-10-22/h6-7,16-17H,1-5,8-15H2/t17-/m1/s1. The highest BCUT2D eigenvalue weighted by Gasteiger charge is 2.25. The van der Waals surface area contributed by atoms with Gasteiger partial charge in [0.25, 0.3) is 0 Å². The maximum atomic E-state index is 6.11. The molecule has 4 rings (SSSR count). The lowest BCUT2D eigenvalue weighted by molar-refractivity contribution is -0.00511. The third-order valence-electron chi connectivity index (χ3n) is 5.64. The largest absolute Gasteiger partial charge is 0.379 e. The molecule has 25 heavy (non-hydrogen) atoms. The van der Waals surface area contributed by atoms with Crippen LogP contribution in [0.25, 0.3) is 0 Å². The lowest BCUT2D eigenvalue weighted by Gasteiger charge is -2.31. The van der Waals surface area contributed by atoms with E-state index in [1.165, 1.54) is 31.4 Å². The molecular weight excluding hydrogens is 316 g/mol. The molecule has 1 saturated carbocycles. The average Bonchev–Trinajstić information content (AvgIpc) is 3.10. The van der Waals surface area contributed by atoms with E-state index < -0.39 is 0 Å². The van der Waals surface area contributed by atoms with Gasteiger partial charge >= 0.3 is 0 Å². The smallest absolute Gasteiger partial charge is 0.225 e. The lowest BCUT2D eigenvalue weighted by atomic mass is 10.0. The molecule has 2 aliphatic heterocycles. The molecule has 138 valence electrons. The first-order valence-electron chi connectivity index (χ1n) is 9.88. The van der Waals surface area contributed by atoms with Gasteiger partial charge in [-0.3, -0.25) is 4.90 Å². The van der Waals surface area contributed by atoms with E-state index in [2.05, 4.69) is 20.9 Å². The highest BCUT2D eigenvalue weighted by molar-refractivity contribution is 5.32. The molecule has 1 aromatic rings. The summed E-state index contributed by atoms with van der Waals surface area (Å²) in [4.78, 5) is 14.3. The summed E-state index contributed by atoms with van der Waals surface area (Å²) in [7, 11) is 0. The number of nitrogens with zero attached hydrogens (tertiary/aromatic N) is 4. The van der Waals surface area contributed by atoms with Gasteiger partial charge in [-0.15, -0.1) is 0 Å². The second kappa shape index (κ2) is 8.43. The number of aromatic nitrogens is 2. The van der Waals surface area contributed by atoms with Crippen molar-refractivity contribution in [1.82, 2.24) is 14.9 Å². The Balaban J connectivity index is 1.42. The van der Waals surface area contributed by atoms with E-state index in [0.717, 1.165) is 64.9 Å². The zero-order valence-electron chi connectivity index (χ0n) is 15.1. The van der Waals surface area contributed by atoms with Crippen LogP contribution in [0.15, 0.2) is 12.3 Å². The topological polar surface area (TPSA) is 50.7 Å². The highest BCUT2D eigenvalue weighted by atomic mass is 16.5. The van der Waals surface area contributed by atoms with Crippen LogP contribution < -0.4 is 4.90 Å². The minimum atomic E-state index is 0.222. The fraction of sp³-hybridized carbons (Fsp3) is 0.789. The molecule has 6 heteroatoms. The molecule has 0 amide bonds. The van der Waals surface area contributed by atoms with E-state index in [1.54, 1.807) is 0 Å². The van der Waals surface area contributed by atoms with Crippen LogP contribution in [0.1, 0.15) is 43.7 Å². The number of rotatable bonds is 4. The van der Waals surface area contributed by atoms with Gasteiger partial charge in [-0.2, -0.15) is 0 Å². The Morgan fingerprint density at radius 2 is 1.88 bits per heavy atom. The van der Waals surface area contributed by atoms with Gasteiger partial charge in [0.1, 0.15) is 0 Å². The minimum absolute atomic E-state index is 0.222. The van der Waals surface area contributed by atoms with E-state index in [4.69, 9.17) is 14.5 Å². The fourth-order valence-corrected chi connectivity index (χ4v) is 4.22. The van der Waals surface area contributed by atoms with E-state index >= 15 is 0 Å². The molecule has 3 aliphatic rings. The summed E-state index contributed by atoms with van der Waals surface area (Å²) in [6, 6.07) is 2.11. The van der Waals surface area contributed by atoms with Crippen molar-refractivity contribution >= 4 is 5.95 Å². The fourth-order valence-electron chi connectivity index (χ4n) is 4.22. The van der Waals surface area contributed by atoms with Gasteiger partial charge in [-0.05, 0) is 25.3 Å². The van der Waals surface area contributed by atoms with E-state index in [1.807, 2.05) is 6.20 Å². The van der Waals surface area contributed by atoms with Crippen molar-refractivity contribution in [2.24, 2.45) is 0 Å². The minimum Gasteiger partial charge on any atom is -0.379 e. The second-order valence-corrected chi connectivity index (χ2v) is 7.47. The number of morpholine rings is 1. The molecule has 3 fully saturated rings. The molecule has 0 unspecified atom stereocenters. The van der Waals surface area contributed by atoms with Gasteiger partial charge in [-0.1, -0.05) is 12.8 Å². The van der Waals surface area contributed by atoms with Crippen LogP contribution in [0.4, 0.5) is 5.95 Å². The second-order valence-electron chi connectivity index (χ2n) is 7.47. The van der Waals surface area contributed by atoms with Crippen LogP contribution in [-0.2, 0) is 9.47 Å². The molecule has 6 nitrogen and oxygen atoms in total. The summed E-state index contributed by atoms with van der Waals surface area (Å²) < 4.78 is 11.6. The molecule has 0 aromatic carbocycles. The van der Waals surface area contributed by atoms with Crippen LogP contribution in [0, 0.1) is 0 Å². The average molecular weight is 346 g/mol. The van der Waals surface area contributed by atoms with Gasteiger partial charge < -0.3 is 14.4 Å². The van der Waals surface area contributed by atoms with E-state index in [0.29, 0.717) is 5.92 Å². The maximum absolute atomic E-state index is 6.11. The molecule has 0 spiro atoms. The molecule has 0 N–H and O–H groups in total. The lowest BCUT2D eigenvalue weighted by Crippen LogP contribution is -2.45. The maximum Gasteiger partial charge on any atom is 0.225 e. The Labute approximate surface area is 150 Å². The molecular formula is C19H30N4O2. The molecule has 0 bridgehead atoms. The third-order valence-corrected chi connectivity index (χ3v) is 5.64. The molecule has 2 saturated heterocycles.